The highest BCUT2D eigenvalue weighted by Crippen LogP contribution is 2.52. The second kappa shape index (κ2) is 7.90. The molecule has 5 heteroatoms. The number of carbonyl (C=O) groups is 2. The molecule has 4 rings (SSSR count). The Balaban J connectivity index is 1.96. The van der Waals surface area contributed by atoms with Gasteiger partial charge >= 0.3 is 5.91 Å². The average Bonchev–Trinajstić information content (AvgIpc) is 2.77. The van der Waals surface area contributed by atoms with E-state index < -0.39 is 11.0 Å². The van der Waals surface area contributed by atoms with Gasteiger partial charge in [0.1, 0.15) is 5.54 Å². The number of hydrogen-bond donors (Lipinski definition) is 1. The predicted octanol–water partition coefficient (Wildman–Crippen LogP) is 5.74. The SMILES string of the molecule is CC(=O)[N+]1(N)c2ccc(C(=O)c3ccc(I)cc3)cc2C(C)(c2ccccc2)CC1(C)C. The Kier molecular flexibility index (Phi) is 5.64. The summed E-state index contributed by atoms with van der Waals surface area (Å²) in [5, 5.41) is 0. The van der Waals surface area contributed by atoms with Gasteiger partial charge in [-0.15, -0.1) is 0 Å². The van der Waals surface area contributed by atoms with E-state index >= 15 is 0 Å². The van der Waals surface area contributed by atoms with Crippen LogP contribution in [0.3, 0.4) is 0 Å². The molecule has 2 unspecified atom stereocenters. The summed E-state index contributed by atoms with van der Waals surface area (Å²) in [6.07, 6.45) is 0.661. The topological polar surface area (TPSA) is 60.2 Å². The monoisotopic (exact) mass is 539 g/mol. The van der Waals surface area contributed by atoms with Gasteiger partial charge in [0.2, 0.25) is 0 Å². The molecule has 4 nitrogen and oxygen atoms in total. The van der Waals surface area contributed by atoms with Crippen molar-refractivity contribution in [3.8, 4) is 0 Å². The van der Waals surface area contributed by atoms with Gasteiger partial charge in [0.05, 0.1) is 6.92 Å². The molecule has 0 fully saturated rings. The van der Waals surface area contributed by atoms with Gasteiger partial charge in [-0.2, -0.15) is 10.4 Å². The molecule has 0 bridgehead atoms. The molecule has 0 saturated carbocycles. The molecule has 2 N–H and O–H groups in total. The maximum atomic E-state index is 13.3. The van der Waals surface area contributed by atoms with Crippen LogP contribution in [0.4, 0.5) is 5.69 Å². The molecule has 0 aliphatic carbocycles. The molecule has 2 atom stereocenters. The van der Waals surface area contributed by atoms with Crippen molar-refractivity contribution >= 4 is 40.0 Å². The fraction of sp³-hybridized carbons (Fsp3) is 0.259. The summed E-state index contributed by atoms with van der Waals surface area (Å²) in [4.78, 5) is 26.2. The second-order valence-corrected chi connectivity index (χ2v) is 10.7. The highest BCUT2D eigenvalue weighted by molar-refractivity contribution is 14.1. The van der Waals surface area contributed by atoms with Crippen molar-refractivity contribution in [3.63, 3.8) is 0 Å². The molecule has 0 saturated heterocycles. The molecule has 0 radical (unpaired) electrons. The van der Waals surface area contributed by atoms with Gasteiger partial charge in [0, 0.05) is 38.2 Å². The van der Waals surface area contributed by atoms with Crippen LogP contribution in [0.1, 0.15) is 61.2 Å². The number of halogens is 1. The Morgan fingerprint density at radius 1 is 0.906 bits per heavy atom. The zero-order valence-corrected chi connectivity index (χ0v) is 21.0. The fourth-order valence-electron chi connectivity index (χ4n) is 5.27. The third-order valence-corrected chi connectivity index (χ3v) is 7.71. The lowest BCUT2D eigenvalue weighted by atomic mass is 9.64. The molecule has 1 aliphatic rings. The number of ketones is 1. The molecular formula is C27H28IN2O2+. The first-order chi connectivity index (χ1) is 15.0. The molecule has 1 amide bonds. The number of benzene rings is 3. The summed E-state index contributed by atoms with van der Waals surface area (Å²) in [5.74, 6) is 6.68. The van der Waals surface area contributed by atoms with Gasteiger partial charge in [-0.25, -0.2) is 4.79 Å². The van der Waals surface area contributed by atoms with Crippen molar-refractivity contribution in [2.24, 2.45) is 5.84 Å². The van der Waals surface area contributed by atoms with Crippen molar-refractivity contribution in [2.45, 2.75) is 45.1 Å². The minimum atomic E-state index is -0.537. The number of fused-ring (bicyclic) bond motifs is 1. The van der Waals surface area contributed by atoms with Crippen LogP contribution in [0.25, 0.3) is 0 Å². The molecule has 0 spiro atoms. The summed E-state index contributed by atoms with van der Waals surface area (Å²) in [6.45, 7) is 7.82. The number of nitrogens with two attached hydrogens (primary N) is 1. The number of hydrogen-bond acceptors (Lipinski definition) is 3. The Bertz CT molecular complexity index is 1200. The summed E-state index contributed by atoms with van der Waals surface area (Å²) in [5.41, 5.74) is 3.12. The third-order valence-electron chi connectivity index (χ3n) is 6.99. The summed E-state index contributed by atoms with van der Waals surface area (Å²) < 4.78 is 0.790. The zero-order valence-electron chi connectivity index (χ0n) is 18.9. The lowest BCUT2D eigenvalue weighted by Gasteiger charge is -2.52. The van der Waals surface area contributed by atoms with Gasteiger partial charge in [-0.3, -0.25) is 4.79 Å². The lowest BCUT2D eigenvalue weighted by molar-refractivity contribution is -0.134. The van der Waals surface area contributed by atoms with Gasteiger partial charge < -0.3 is 0 Å². The summed E-state index contributed by atoms with van der Waals surface area (Å²) >= 11 is 2.23. The van der Waals surface area contributed by atoms with E-state index in [0.29, 0.717) is 17.5 Å². The van der Waals surface area contributed by atoms with E-state index in [-0.39, 0.29) is 16.3 Å². The highest BCUT2D eigenvalue weighted by Gasteiger charge is 2.58. The number of carbonyl (C=O) groups excluding carboxylic acids is 2. The largest absolute Gasteiger partial charge is 0.335 e. The van der Waals surface area contributed by atoms with Crippen LogP contribution in [-0.4, -0.2) is 17.2 Å². The first kappa shape index (κ1) is 22.8. The molecule has 1 aliphatic heterocycles. The van der Waals surface area contributed by atoms with Crippen LogP contribution in [-0.2, 0) is 10.2 Å². The second-order valence-electron chi connectivity index (χ2n) is 9.50. The molecule has 164 valence electrons. The molecule has 32 heavy (non-hydrogen) atoms. The molecule has 3 aromatic carbocycles. The van der Waals surface area contributed by atoms with Crippen molar-refractivity contribution in [3.05, 3.63) is 98.6 Å². The van der Waals surface area contributed by atoms with Crippen LogP contribution >= 0.6 is 22.6 Å². The third kappa shape index (κ3) is 3.43. The first-order valence-corrected chi connectivity index (χ1v) is 11.8. The van der Waals surface area contributed by atoms with E-state index in [4.69, 9.17) is 5.84 Å². The highest BCUT2D eigenvalue weighted by atomic mass is 127. The van der Waals surface area contributed by atoms with Crippen LogP contribution in [0.5, 0.6) is 0 Å². The maximum absolute atomic E-state index is 13.3. The Morgan fingerprint density at radius 2 is 1.50 bits per heavy atom. The maximum Gasteiger partial charge on any atom is 0.335 e. The van der Waals surface area contributed by atoms with Gasteiger partial charge in [0.25, 0.3) is 0 Å². The van der Waals surface area contributed by atoms with Gasteiger partial charge in [-0.1, -0.05) is 37.3 Å². The smallest absolute Gasteiger partial charge is 0.289 e. The lowest BCUT2D eigenvalue weighted by Crippen LogP contribution is -2.74. The molecule has 1 heterocycles. The minimum Gasteiger partial charge on any atom is -0.289 e. The van der Waals surface area contributed by atoms with Gasteiger partial charge in [-0.05, 0) is 78.4 Å². The standard InChI is InChI=1S/C27H28IN2O2/c1-18(31)30(29)24-15-12-20(25(32)19-10-13-22(28)14-11-19)16-23(24)27(4,17-26(30,2)3)21-8-6-5-7-9-21/h5-16H,17,29H2,1-4H3/q+1. The molecule has 0 aromatic heterocycles. The van der Waals surface area contributed by atoms with E-state index in [1.807, 2.05) is 68.4 Å². The van der Waals surface area contributed by atoms with Gasteiger partial charge in [0.15, 0.2) is 11.5 Å². The Hall–Kier alpha value is -2.35. The van der Waals surface area contributed by atoms with Crippen molar-refractivity contribution in [1.82, 2.24) is 4.59 Å². The summed E-state index contributed by atoms with van der Waals surface area (Å²) in [6, 6.07) is 23.4. The molecular weight excluding hydrogens is 511 g/mol. The number of rotatable bonds is 3. The van der Waals surface area contributed by atoms with Crippen LogP contribution in [0.2, 0.25) is 0 Å². The van der Waals surface area contributed by atoms with E-state index in [0.717, 1.165) is 20.4 Å². The van der Waals surface area contributed by atoms with Crippen molar-refractivity contribution < 1.29 is 9.59 Å². The van der Waals surface area contributed by atoms with Crippen molar-refractivity contribution in [2.75, 3.05) is 0 Å². The summed E-state index contributed by atoms with van der Waals surface area (Å²) in [7, 11) is 0. The first-order valence-electron chi connectivity index (χ1n) is 10.7. The van der Waals surface area contributed by atoms with E-state index in [2.05, 4.69) is 41.6 Å². The quantitative estimate of drug-likeness (QED) is 0.152. The average molecular weight is 539 g/mol. The predicted molar refractivity (Wildman–Crippen MR) is 137 cm³/mol. The van der Waals surface area contributed by atoms with Crippen LogP contribution in [0.15, 0.2) is 72.8 Å². The number of amides is 1. The van der Waals surface area contributed by atoms with Crippen LogP contribution < -0.4 is 10.4 Å². The minimum absolute atomic E-state index is 0.0395. The Morgan fingerprint density at radius 3 is 2.09 bits per heavy atom. The zero-order chi connectivity index (χ0) is 23.3. The molecule has 3 aromatic rings. The van der Waals surface area contributed by atoms with E-state index in [9.17, 15) is 9.59 Å². The number of nitrogens with zero attached hydrogens (tertiary/aromatic N) is 1. The Labute approximate surface area is 203 Å². The number of quaternary nitrogens is 1. The van der Waals surface area contributed by atoms with Crippen molar-refractivity contribution in [1.29, 1.82) is 0 Å². The van der Waals surface area contributed by atoms with Crippen LogP contribution in [0, 0.1) is 3.57 Å². The van der Waals surface area contributed by atoms with E-state index in [1.165, 1.54) is 0 Å². The van der Waals surface area contributed by atoms with E-state index in [1.54, 1.807) is 13.0 Å². The fourth-order valence-corrected chi connectivity index (χ4v) is 5.62. The normalized spacial score (nSPS) is 23.9.